The molecule has 0 saturated heterocycles. The quantitative estimate of drug-likeness (QED) is 0.499. The van der Waals surface area contributed by atoms with Crippen LogP contribution in [-0.2, 0) is 9.53 Å². The lowest BCUT2D eigenvalue weighted by Gasteiger charge is -2.02. The van der Waals surface area contributed by atoms with Crippen LogP contribution in [0.1, 0.15) is 29.5 Å². The van der Waals surface area contributed by atoms with E-state index in [0.29, 0.717) is 23.7 Å². The molecule has 0 radical (unpaired) electrons. The highest BCUT2D eigenvalue weighted by Crippen LogP contribution is 2.22. The number of hydrazone groups is 1. The van der Waals surface area contributed by atoms with E-state index >= 15 is 0 Å². The molecule has 24 heavy (non-hydrogen) atoms. The van der Waals surface area contributed by atoms with Crippen molar-refractivity contribution >= 4 is 18.1 Å². The Kier molecular flexibility index (Phi) is 5.86. The third-order valence-electron chi connectivity index (χ3n) is 2.93. The van der Waals surface area contributed by atoms with Crippen LogP contribution in [0, 0.1) is 11.3 Å². The van der Waals surface area contributed by atoms with Crippen LogP contribution < -0.4 is 5.43 Å². The molecule has 0 bridgehead atoms. The van der Waals surface area contributed by atoms with Crippen LogP contribution in [0.2, 0.25) is 0 Å². The number of ether oxygens (including phenoxy) is 1. The van der Waals surface area contributed by atoms with Gasteiger partial charge in [0.15, 0.2) is 0 Å². The topological polar surface area (TPSA) is 105 Å². The first-order valence-corrected chi connectivity index (χ1v) is 7.20. The number of amides is 1. The highest BCUT2D eigenvalue weighted by molar-refractivity contribution is 5.90. The van der Waals surface area contributed by atoms with Crippen molar-refractivity contribution in [2.75, 3.05) is 6.61 Å². The number of benzene rings is 1. The molecule has 0 unspecified atom stereocenters. The summed E-state index contributed by atoms with van der Waals surface area (Å²) in [6.07, 6.45) is 1.08. The van der Waals surface area contributed by atoms with Gasteiger partial charge in [-0.15, -0.1) is 0 Å². The summed E-state index contributed by atoms with van der Waals surface area (Å²) in [5.41, 5.74) is 3.46. The van der Waals surface area contributed by atoms with E-state index in [1.165, 1.54) is 6.21 Å². The third-order valence-corrected chi connectivity index (χ3v) is 2.93. The van der Waals surface area contributed by atoms with Crippen molar-refractivity contribution in [2.45, 2.75) is 13.3 Å². The van der Waals surface area contributed by atoms with E-state index < -0.39 is 5.91 Å². The fraction of sp³-hybridized carbons (Fsp3) is 0.176. The molecule has 0 atom stereocenters. The zero-order valence-electron chi connectivity index (χ0n) is 13.0. The normalized spacial score (nSPS) is 10.3. The van der Waals surface area contributed by atoms with Gasteiger partial charge in [0.05, 0.1) is 24.5 Å². The van der Waals surface area contributed by atoms with E-state index in [2.05, 4.69) is 10.5 Å². The molecule has 7 heteroatoms. The predicted octanol–water partition coefficient (Wildman–Crippen LogP) is 2.49. The number of nitrogens with zero attached hydrogens (tertiary/aromatic N) is 2. The molecule has 1 aromatic carbocycles. The molecule has 1 amide bonds. The minimum Gasteiger partial charge on any atom is -0.462 e. The summed E-state index contributed by atoms with van der Waals surface area (Å²) in [5, 5.41) is 12.1. The van der Waals surface area contributed by atoms with Crippen molar-refractivity contribution in [2.24, 2.45) is 5.10 Å². The molecular formula is C17H15N3O4. The van der Waals surface area contributed by atoms with Crippen molar-refractivity contribution in [3.63, 3.8) is 0 Å². The number of hydrogen-bond acceptors (Lipinski definition) is 6. The van der Waals surface area contributed by atoms with Gasteiger partial charge in [0.25, 0.3) is 5.91 Å². The summed E-state index contributed by atoms with van der Waals surface area (Å²) in [6, 6.07) is 12.0. The smallest absolute Gasteiger partial charge is 0.338 e. The largest absolute Gasteiger partial charge is 0.462 e. The van der Waals surface area contributed by atoms with Gasteiger partial charge in [-0.3, -0.25) is 4.79 Å². The second-order valence-electron chi connectivity index (χ2n) is 4.63. The van der Waals surface area contributed by atoms with E-state index in [-0.39, 0.29) is 12.4 Å². The molecule has 0 saturated carbocycles. The standard InChI is InChI=1S/C17H15N3O4/c1-2-23-17(22)13-5-3-12(4-6-13)15-8-7-14(24-15)11-19-20-16(21)9-10-18/h3-8,11H,2,9H2,1H3,(H,20,21). The molecule has 0 aliphatic carbocycles. The first-order valence-electron chi connectivity index (χ1n) is 7.20. The summed E-state index contributed by atoms with van der Waals surface area (Å²) >= 11 is 0. The number of hydrogen-bond donors (Lipinski definition) is 1. The van der Waals surface area contributed by atoms with Crippen LogP contribution in [-0.4, -0.2) is 24.7 Å². The van der Waals surface area contributed by atoms with Crippen LogP contribution in [0.5, 0.6) is 0 Å². The number of furan rings is 1. The highest BCUT2D eigenvalue weighted by Gasteiger charge is 2.08. The Labute approximate surface area is 138 Å². The van der Waals surface area contributed by atoms with Crippen LogP contribution >= 0.6 is 0 Å². The number of nitrogens with one attached hydrogen (secondary N) is 1. The van der Waals surface area contributed by atoms with Gasteiger partial charge in [0.2, 0.25) is 0 Å². The maximum Gasteiger partial charge on any atom is 0.338 e. The summed E-state index contributed by atoms with van der Waals surface area (Å²) in [7, 11) is 0. The first kappa shape index (κ1) is 17.0. The van der Waals surface area contributed by atoms with Gasteiger partial charge in [-0.05, 0) is 31.2 Å². The van der Waals surface area contributed by atoms with E-state index in [4.69, 9.17) is 14.4 Å². The zero-order chi connectivity index (χ0) is 17.4. The SMILES string of the molecule is CCOC(=O)c1ccc(-c2ccc(C=NNC(=O)CC#N)o2)cc1. The monoisotopic (exact) mass is 325 g/mol. The van der Waals surface area contributed by atoms with Crippen LogP contribution in [0.25, 0.3) is 11.3 Å². The van der Waals surface area contributed by atoms with Gasteiger partial charge in [-0.25, -0.2) is 10.2 Å². The van der Waals surface area contributed by atoms with E-state index in [0.717, 1.165) is 5.56 Å². The molecule has 0 fully saturated rings. The average Bonchev–Trinajstić information content (AvgIpc) is 3.04. The van der Waals surface area contributed by atoms with Gasteiger partial charge in [-0.1, -0.05) is 12.1 Å². The Morgan fingerprint density at radius 2 is 2.04 bits per heavy atom. The number of carbonyl (C=O) groups is 2. The maximum absolute atomic E-state index is 11.6. The average molecular weight is 325 g/mol. The van der Waals surface area contributed by atoms with E-state index in [9.17, 15) is 9.59 Å². The molecule has 7 nitrogen and oxygen atoms in total. The predicted molar refractivity (Wildman–Crippen MR) is 86.1 cm³/mol. The Balaban J connectivity index is 2.02. The molecular weight excluding hydrogens is 310 g/mol. The maximum atomic E-state index is 11.6. The van der Waals surface area contributed by atoms with Crippen LogP contribution in [0.4, 0.5) is 0 Å². The molecule has 2 rings (SSSR count). The minimum atomic E-state index is -0.491. The van der Waals surface area contributed by atoms with Crippen molar-refractivity contribution in [3.8, 4) is 17.4 Å². The lowest BCUT2D eigenvalue weighted by molar-refractivity contribution is -0.120. The van der Waals surface area contributed by atoms with Crippen molar-refractivity contribution in [3.05, 3.63) is 47.7 Å². The van der Waals surface area contributed by atoms with Gasteiger partial charge in [-0.2, -0.15) is 10.4 Å². The van der Waals surface area contributed by atoms with Crippen molar-refractivity contribution in [1.82, 2.24) is 5.43 Å². The van der Waals surface area contributed by atoms with Crippen LogP contribution in [0.15, 0.2) is 45.9 Å². The molecule has 1 N–H and O–H groups in total. The second kappa shape index (κ2) is 8.29. The molecule has 122 valence electrons. The molecule has 0 aliphatic heterocycles. The molecule has 1 heterocycles. The van der Waals surface area contributed by atoms with Crippen molar-refractivity contribution in [1.29, 1.82) is 5.26 Å². The molecule has 1 aromatic heterocycles. The molecule has 0 aliphatic rings. The second-order valence-corrected chi connectivity index (χ2v) is 4.63. The lowest BCUT2D eigenvalue weighted by atomic mass is 10.1. The van der Waals surface area contributed by atoms with Gasteiger partial charge < -0.3 is 9.15 Å². The van der Waals surface area contributed by atoms with E-state index in [1.54, 1.807) is 49.4 Å². The van der Waals surface area contributed by atoms with Crippen molar-refractivity contribution < 1.29 is 18.7 Å². The number of nitriles is 1. The Hall–Kier alpha value is -3.40. The minimum absolute atomic E-state index is 0.256. The van der Waals surface area contributed by atoms with E-state index in [1.807, 2.05) is 0 Å². The third kappa shape index (κ3) is 4.55. The molecule has 2 aromatic rings. The molecule has 0 spiro atoms. The Morgan fingerprint density at radius 3 is 2.71 bits per heavy atom. The van der Waals surface area contributed by atoms with Gasteiger partial charge in [0.1, 0.15) is 17.9 Å². The fourth-order valence-corrected chi connectivity index (χ4v) is 1.84. The summed E-state index contributed by atoms with van der Waals surface area (Å²) < 4.78 is 10.5. The summed E-state index contributed by atoms with van der Waals surface area (Å²) in [5.74, 6) is 0.173. The number of rotatable bonds is 6. The lowest BCUT2D eigenvalue weighted by Crippen LogP contribution is -2.15. The van der Waals surface area contributed by atoms with Gasteiger partial charge >= 0.3 is 5.97 Å². The Morgan fingerprint density at radius 1 is 1.29 bits per heavy atom. The summed E-state index contributed by atoms with van der Waals surface area (Å²) in [6.45, 7) is 2.08. The summed E-state index contributed by atoms with van der Waals surface area (Å²) in [4.78, 5) is 22.7. The fourth-order valence-electron chi connectivity index (χ4n) is 1.84. The van der Waals surface area contributed by atoms with Crippen LogP contribution in [0.3, 0.4) is 0 Å². The van der Waals surface area contributed by atoms with Gasteiger partial charge in [0, 0.05) is 5.56 Å². The first-order chi connectivity index (χ1) is 11.6. The number of carbonyl (C=O) groups excluding carboxylic acids is 2. The highest BCUT2D eigenvalue weighted by atomic mass is 16.5. The Bertz CT molecular complexity index is 785. The zero-order valence-corrected chi connectivity index (χ0v) is 13.0. The number of esters is 1.